The van der Waals surface area contributed by atoms with Gasteiger partial charge in [-0.15, -0.1) is 23.2 Å². The van der Waals surface area contributed by atoms with E-state index in [4.69, 9.17) is 28.9 Å². The fraction of sp³-hybridized carbons (Fsp3) is 1.00. The zero-order chi connectivity index (χ0) is 7.44. The standard InChI is InChI=1S/C5H10Cl2FN/c1-3(9)5(7)4(6)2-8/h3-5H,2,9H2,1H3/t3?,4?,5-/m0/s1. The van der Waals surface area contributed by atoms with Gasteiger partial charge in [0.15, 0.2) is 0 Å². The van der Waals surface area contributed by atoms with Crippen molar-refractivity contribution in [2.75, 3.05) is 6.67 Å². The van der Waals surface area contributed by atoms with E-state index >= 15 is 0 Å². The molecule has 0 aromatic rings. The van der Waals surface area contributed by atoms with Crippen molar-refractivity contribution in [3.63, 3.8) is 0 Å². The summed E-state index contributed by atoms with van der Waals surface area (Å²) in [4.78, 5) is 0. The van der Waals surface area contributed by atoms with Crippen molar-refractivity contribution in [1.29, 1.82) is 0 Å². The van der Waals surface area contributed by atoms with E-state index in [0.29, 0.717) is 0 Å². The molecule has 0 aromatic carbocycles. The van der Waals surface area contributed by atoms with Crippen LogP contribution in [0.4, 0.5) is 4.39 Å². The van der Waals surface area contributed by atoms with Gasteiger partial charge in [0.05, 0.1) is 10.8 Å². The first-order valence-corrected chi connectivity index (χ1v) is 3.56. The quantitative estimate of drug-likeness (QED) is 0.645. The lowest BCUT2D eigenvalue weighted by molar-refractivity contribution is 0.456. The molecule has 0 heterocycles. The fourth-order valence-electron chi connectivity index (χ4n) is 0.414. The minimum atomic E-state index is -0.660. The number of halogens is 3. The van der Waals surface area contributed by atoms with Crippen LogP contribution in [0.3, 0.4) is 0 Å². The summed E-state index contributed by atoms with van der Waals surface area (Å²) >= 11 is 11.0. The maximum absolute atomic E-state index is 11.7. The Morgan fingerprint density at radius 3 is 2.11 bits per heavy atom. The second-order valence-electron chi connectivity index (χ2n) is 1.97. The molecule has 2 unspecified atom stereocenters. The van der Waals surface area contributed by atoms with E-state index in [1.165, 1.54) is 0 Å². The van der Waals surface area contributed by atoms with Crippen LogP contribution in [0, 0.1) is 0 Å². The minimum Gasteiger partial charge on any atom is -0.327 e. The molecule has 4 heteroatoms. The number of alkyl halides is 3. The van der Waals surface area contributed by atoms with Gasteiger partial charge in [-0.25, -0.2) is 4.39 Å². The molecule has 0 amide bonds. The summed E-state index contributed by atoms with van der Waals surface area (Å²) < 4.78 is 11.7. The van der Waals surface area contributed by atoms with Crippen LogP contribution in [-0.2, 0) is 0 Å². The molecule has 0 aliphatic carbocycles. The van der Waals surface area contributed by atoms with Crippen LogP contribution < -0.4 is 5.73 Å². The van der Waals surface area contributed by atoms with Gasteiger partial charge in [-0.3, -0.25) is 0 Å². The molecule has 0 saturated carbocycles. The van der Waals surface area contributed by atoms with Crippen molar-refractivity contribution < 1.29 is 4.39 Å². The molecular weight excluding hydrogens is 164 g/mol. The second-order valence-corrected chi connectivity index (χ2v) is 3.04. The number of nitrogens with two attached hydrogens (primary N) is 1. The van der Waals surface area contributed by atoms with Gasteiger partial charge in [0, 0.05) is 6.04 Å². The van der Waals surface area contributed by atoms with Crippen LogP contribution in [0.5, 0.6) is 0 Å². The molecule has 1 nitrogen and oxygen atoms in total. The van der Waals surface area contributed by atoms with Crippen LogP contribution >= 0.6 is 23.2 Å². The summed E-state index contributed by atoms with van der Waals surface area (Å²) in [5.74, 6) is 0. The molecule has 2 N–H and O–H groups in total. The van der Waals surface area contributed by atoms with Gasteiger partial charge in [0.25, 0.3) is 0 Å². The normalized spacial score (nSPS) is 21.0. The van der Waals surface area contributed by atoms with Crippen LogP contribution in [-0.4, -0.2) is 23.5 Å². The van der Waals surface area contributed by atoms with Gasteiger partial charge in [-0.2, -0.15) is 0 Å². The summed E-state index contributed by atoms with van der Waals surface area (Å²) in [6.07, 6.45) is 0. The molecule has 0 saturated heterocycles. The summed E-state index contributed by atoms with van der Waals surface area (Å²) in [6.45, 7) is 1.07. The zero-order valence-corrected chi connectivity index (χ0v) is 6.66. The number of rotatable bonds is 3. The molecule has 0 fully saturated rings. The van der Waals surface area contributed by atoms with Crippen LogP contribution in [0.1, 0.15) is 6.92 Å². The van der Waals surface area contributed by atoms with Crippen LogP contribution in [0.15, 0.2) is 0 Å². The van der Waals surface area contributed by atoms with Crippen molar-refractivity contribution in [1.82, 2.24) is 0 Å². The van der Waals surface area contributed by atoms with E-state index in [1.54, 1.807) is 6.92 Å². The molecule has 3 atom stereocenters. The Morgan fingerprint density at radius 1 is 1.56 bits per heavy atom. The first-order chi connectivity index (χ1) is 4.09. The third kappa shape index (κ3) is 3.23. The average molecular weight is 174 g/mol. The van der Waals surface area contributed by atoms with Gasteiger partial charge < -0.3 is 5.73 Å². The van der Waals surface area contributed by atoms with E-state index in [-0.39, 0.29) is 6.04 Å². The largest absolute Gasteiger partial charge is 0.327 e. The Balaban J connectivity index is 3.58. The molecule has 0 spiro atoms. The van der Waals surface area contributed by atoms with Crippen molar-refractivity contribution in [2.45, 2.75) is 23.7 Å². The Bertz CT molecular complexity index is 79.4. The molecule has 0 radical (unpaired) electrons. The monoisotopic (exact) mass is 173 g/mol. The highest BCUT2D eigenvalue weighted by Crippen LogP contribution is 2.12. The Hall–Kier alpha value is 0.470. The van der Waals surface area contributed by atoms with E-state index in [2.05, 4.69) is 0 Å². The molecule has 0 bridgehead atoms. The molecule has 0 rings (SSSR count). The van der Waals surface area contributed by atoms with Gasteiger partial charge >= 0.3 is 0 Å². The van der Waals surface area contributed by atoms with Gasteiger partial charge in [0.2, 0.25) is 0 Å². The number of hydrogen-bond acceptors (Lipinski definition) is 1. The summed E-state index contributed by atoms with van der Waals surface area (Å²) in [5, 5.41) is -1.14. The Labute approximate surface area is 64.3 Å². The van der Waals surface area contributed by atoms with Gasteiger partial charge in [-0.05, 0) is 6.92 Å². The topological polar surface area (TPSA) is 26.0 Å². The maximum atomic E-state index is 11.7. The lowest BCUT2D eigenvalue weighted by atomic mass is 10.2. The van der Waals surface area contributed by atoms with Gasteiger partial charge in [-0.1, -0.05) is 0 Å². The number of hydrogen-bond donors (Lipinski definition) is 1. The molecular formula is C5H10Cl2FN. The average Bonchev–Trinajstić information content (AvgIpc) is 1.84. The van der Waals surface area contributed by atoms with Gasteiger partial charge in [0.1, 0.15) is 6.67 Å². The SMILES string of the molecule is CC(N)[C@H](Cl)C(Cl)CF. The lowest BCUT2D eigenvalue weighted by Crippen LogP contribution is -2.35. The van der Waals surface area contributed by atoms with Crippen LogP contribution in [0.2, 0.25) is 0 Å². The first kappa shape index (κ1) is 9.47. The van der Waals surface area contributed by atoms with Crippen molar-refractivity contribution >= 4 is 23.2 Å². The fourth-order valence-corrected chi connectivity index (χ4v) is 0.711. The highest BCUT2D eigenvalue weighted by atomic mass is 35.5. The molecule has 56 valence electrons. The van der Waals surface area contributed by atoms with Crippen molar-refractivity contribution in [2.24, 2.45) is 5.73 Å². The Morgan fingerprint density at radius 2 is 2.00 bits per heavy atom. The van der Waals surface area contributed by atoms with Crippen molar-refractivity contribution in [3.8, 4) is 0 Å². The van der Waals surface area contributed by atoms with E-state index in [1.807, 2.05) is 0 Å². The summed E-state index contributed by atoms with van der Waals surface area (Å²) in [6, 6.07) is -0.259. The highest BCUT2D eigenvalue weighted by Gasteiger charge is 2.19. The van der Waals surface area contributed by atoms with E-state index in [0.717, 1.165) is 0 Å². The predicted molar refractivity (Wildman–Crippen MR) is 38.9 cm³/mol. The molecule has 0 aromatic heterocycles. The molecule has 0 aliphatic rings. The van der Waals surface area contributed by atoms with Crippen LogP contribution in [0.25, 0.3) is 0 Å². The van der Waals surface area contributed by atoms with Crippen molar-refractivity contribution in [3.05, 3.63) is 0 Å². The highest BCUT2D eigenvalue weighted by molar-refractivity contribution is 6.30. The second kappa shape index (κ2) is 4.31. The maximum Gasteiger partial charge on any atom is 0.107 e. The zero-order valence-electron chi connectivity index (χ0n) is 5.15. The van der Waals surface area contributed by atoms with E-state index < -0.39 is 17.4 Å². The third-order valence-electron chi connectivity index (χ3n) is 0.995. The minimum absolute atomic E-state index is 0.259. The smallest absolute Gasteiger partial charge is 0.107 e. The first-order valence-electron chi connectivity index (χ1n) is 2.69. The third-order valence-corrected chi connectivity index (χ3v) is 2.21. The molecule has 9 heavy (non-hydrogen) atoms. The molecule has 0 aliphatic heterocycles. The summed E-state index contributed by atoms with van der Waals surface area (Å²) in [7, 11) is 0. The summed E-state index contributed by atoms with van der Waals surface area (Å²) in [5.41, 5.74) is 5.33. The van der Waals surface area contributed by atoms with E-state index in [9.17, 15) is 4.39 Å². The Kier molecular flexibility index (Phi) is 4.54. The predicted octanol–water partition coefficient (Wildman–Crippen LogP) is 1.52. The lowest BCUT2D eigenvalue weighted by Gasteiger charge is -2.15.